The molecule has 0 atom stereocenters. The summed E-state index contributed by atoms with van der Waals surface area (Å²) in [5.74, 6) is -1.26. The fraction of sp³-hybridized carbons (Fsp3) is 0.222. The van der Waals surface area contributed by atoms with Crippen molar-refractivity contribution in [3.8, 4) is 0 Å². The van der Waals surface area contributed by atoms with Gasteiger partial charge in [0, 0.05) is 4.47 Å². The molecule has 1 aromatic carbocycles. The molecule has 0 saturated carbocycles. The van der Waals surface area contributed by atoms with Crippen molar-refractivity contribution in [1.29, 1.82) is 0 Å². The van der Waals surface area contributed by atoms with Gasteiger partial charge in [-0.15, -0.1) is 0 Å². The van der Waals surface area contributed by atoms with Gasteiger partial charge in [0.25, 0.3) is 10.0 Å². The molecule has 1 rings (SSSR count). The molecule has 0 spiro atoms. The largest absolute Gasteiger partial charge is 0.479 e. The Morgan fingerprint density at radius 3 is 2.71 bits per heavy atom. The van der Waals surface area contributed by atoms with E-state index in [1.807, 2.05) is 0 Å². The number of benzene rings is 1. The number of carboxylic acid groups (broad SMARTS) is 1. The van der Waals surface area contributed by atoms with E-state index in [0.717, 1.165) is 10.0 Å². The van der Waals surface area contributed by atoms with Gasteiger partial charge in [-0.1, -0.05) is 20.8 Å². The highest BCUT2D eigenvalue weighted by molar-refractivity contribution is 9.10. The van der Waals surface area contributed by atoms with E-state index < -0.39 is 22.6 Å². The van der Waals surface area contributed by atoms with Crippen LogP contribution in [0.1, 0.15) is 5.56 Å². The molecule has 0 radical (unpaired) electrons. The van der Waals surface area contributed by atoms with Crippen LogP contribution in [0, 0.1) is 6.92 Å². The van der Waals surface area contributed by atoms with Crippen molar-refractivity contribution in [3.63, 3.8) is 0 Å². The number of halogens is 1. The number of nitrogens with one attached hydrogen (secondary N) is 1. The summed E-state index contributed by atoms with van der Waals surface area (Å²) in [6.45, 7) is 0.996. The van der Waals surface area contributed by atoms with Gasteiger partial charge in [0.1, 0.15) is 0 Å². The molecule has 0 saturated heterocycles. The van der Waals surface area contributed by atoms with Gasteiger partial charge in [0.05, 0.1) is 4.90 Å². The molecule has 8 heteroatoms. The lowest BCUT2D eigenvalue weighted by Gasteiger charge is -2.07. The maximum atomic E-state index is 11.6. The Labute approximate surface area is 107 Å². The quantitative estimate of drug-likeness (QED) is 0.790. The van der Waals surface area contributed by atoms with E-state index in [-0.39, 0.29) is 4.90 Å². The van der Waals surface area contributed by atoms with Crippen LogP contribution in [0.5, 0.6) is 0 Å². The molecule has 17 heavy (non-hydrogen) atoms. The first-order valence-electron chi connectivity index (χ1n) is 4.44. The average Bonchev–Trinajstić information content (AvgIpc) is 2.21. The maximum Gasteiger partial charge on any atom is 0.331 e. The Hall–Kier alpha value is -0.960. The molecule has 0 bridgehead atoms. The fourth-order valence-electron chi connectivity index (χ4n) is 1.00. The SMILES string of the molecule is Cc1cc(S(=O)(=O)NOCC(=O)O)ccc1Br. The normalized spacial score (nSPS) is 11.4. The number of sulfonamides is 1. The van der Waals surface area contributed by atoms with Crippen LogP contribution < -0.4 is 4.89 Å². The molecule has 0 aliphatic heterocycles. The molecule has 0 aliphatic rings. The van der Waals surface area contributed by atoms with Crippen molar-refractivity contribution < 1.29 is 23.2 Å². The number of carboxylic acids is 1. The topological polar surface area (TPSA) is 92.7 Å². The Morgan fingerprint density at radius 1 is 1.53 bits per heavy atom. The zero-order valence-electron chi connectivity index (χ0n) is 8.81. The second-order valence-corrected chi connectivity index (χ2v) is 5.68. The minimum atomic E-state index is -3.85. The number of rotatable bonds is 5. The highest BCUT2D eigenvalue weighted by Crippen LogP contribution is 2.19. The first-order chi connectivity index (χ1) is 7.83. The molecule has 94 valence electrons. The van der Waals surface area contributed by atoms with Gasteiger partial charge < -0.3 is 5.11 Å². The molecule has 2 N–H and O–H groups in total. The Bertz CT molecular complexity index is 528. The van der Waals surface area contributed by atoms with Crippen LogP contribution in [0.15, 0.2) is 27.6 Å². The number of hydrogen-bond donors (Lipinski definition) is 2. The van der Waals surface area contributed by atoms with Gasteiger partial charge in [-0.25, -0.2) is 13.2 Å². The van der Waals surface area contributed by atoms with E-state index in [1.165, 1.54) is 12.1 Å². The van der Waals surface area contributed by atoms with Crippen molar-refractivity contribution in [2.24, 2.45) is 0 Å². The predicted octanol–water partition coefficient (Wildman–Crippen LogP) is 1.05. The first kappa shape index (κ1) is 14.1. The van der Waals surface area contributed by atoms with E-state index in [0.29, 0.717) is 0 Å². The molecule has 0 aliphatic carbocycles. The lowest BCUT2D eigenvalue weighted by Crippen LogP contribution is -2.26. The third kappa shape index (κ3) is 4.08. The standard InChI is InChI=1S/C9H10BrNO5S/c1-6-4-7(2-3-8(6)10)17(14,15)11-16-5-9(12)13/h2-4,11H,5H2,1H3,(H,12,13). The molecule has 0 aromatic heterocycles. The van der Waals surface area contributed by atoms with Crippen LogP contribution >= 0.6 is 15.9 Å². The van der Waals surface area contributed by atoms with Crippen molar-refractivity contribution in [2.45, 2.75) is 11.8 Å². The zero-order chi connectivity index (χ0) is 13.1. The smallest absolute Gasteiger partial charge is 0.331 e. The number of carbonyl (C=O) groups is 1. The summed E-state index contributed by atoms with van der Waals surface area (Å²) in [7, 11) is -3.85. The third-order valence-electron chi connectivity index (χ3n) is 1.80. The summed E-state index contributed by atoms with van der Waals surface area (Å²) in [6.07, 6.45) is 0. The highest BCUT2D eigenvalue weighted by Gasteiger charge is 2.15. The lowest BCUT2D eigenvalue weighted by atomic mass is 10.2. The minimum Gasteiger partial charge on any atom is -0.479 e. The highest BCUT2D eigenvalue weighted by atomic mass is 79.9. The van der Waals surface area contributed by atoms with Gasteiger partial charge in [0.15, 0.2) is 6.61 Å². The van der Waals surface area contributed by atoms with Crippen LogP contribution in [0.2, 0.25) is 0 Å². The Balaban J connectivity index is 2.82. The van der Waals surface area contributed by atoms with Crippen LogP contribution in [0.3, 0.4) is 0 Å². The molecular weight excluding hydrogens is 314 g/mol. The summed E-state index contributed by atoms with van der Waals surface area (Å²) < 4.78 is 24.0. The minimum absolute atomic E-state index is 0.00332. The number of hydrogen-bond acceptors (Lipinski definition) is 4. The molecule has 0 heterocycles. The van der Waals surface area contributed by atoms with Gasteiger partial charge in [0.2, 0.25) is 0 Å². The summed E-state index contributed by atoms with van der Waals surface area (Å²) in [5, 5.41) is 8.30. The van der Waals surface area contributed by atoms with Crippen LogP contribution in [-0.4, -0.2) is 26.1 Å². The Kier molecular flexibility index (Phi) is 4.63. The summed E-state index contributed by atoms with van der Waals surface area (Å²) in [6, 6.07) is 4.40. The molecule has 1 aromatic rings. The van der Waals surface area contributed by atoms with Gasteiger partial charge in [-0.05, 0) is 30.7 Å². The van der Waals surface area contributed by atoms with Gasteiger partial charge in [-0.3, -0.25) is 4.84 Å². The van der Waals surface area contributed by atoms with Crippen LogP contribution in [0.25, 0.3) is 0 Å². The van der Waals surface area contributed by atoms with Crippen LogP contribution in [0.4, 0.5) is 0 Å². The summed E-state index contributed by atoms with van der Waals surface area (Å²) in [4.78, 5) is 16.2. The third-order valence-corrected chi connectivity index (χ3v) is 3.91. The summed E-state index contributed by atoms with van der Waals surface area (Å²) in [5.41, 5.74) is 0.742. The maximum absolute atomic E-state index is 11.6. The van der Waals surface area contributed by atoms with Crippen molar-refractivity contribution in [3.05, 3.63) is 28.2 Å². The fourth-order valence-corrected chi connectivity index (χ4v) is 2.14. The molecule has 0 amide bonds. The van der Waals surface area contributed by atoms with Crippen molar-refractivity contribution >= 4 is 31.9 Å². The average molecular weight is 324 g/mol. The van der Waals surface area contributed by atoms with Crippen molar-refractivity contribution in [2.75, 3.05) is 6.61 Å². The van der Waals surface area contributed by atoms with Crippen LogP contribution in [-0.2, 0) is 19.7 Å². The molecule has 0 fully saturated rings. The lowest BCUT2D eigenvalue weighted by molar-refractivity contribution is -0.143. The van der Waals surface area contributed by atoms with E-state index in [1.54, 1.807) is 17.9 Å². The first-order valence-corrected chi connectivity index (χ1v) is 6.72. The Morgan fingerprint density at radius 2 is 2.18 bits per heavy atom. The number of aliphatic carboxylic acids is 1. The van der Waals surface area contributed by atoms with Gasteiger partial charge in [-0.2, -0.15) is 0 Å². The van der Waals surface area contributed by atoms with E-state index in [9.17, 15) is 13.2 Å². The predicted molar refractivity (Wildman–Crippen MR) is 62.8 cm³/mol. The molecule has 0 unspecified atom stereocenters. The van der Waals surface area contributed by atoms with E-state index in [4.69, 9.17) is 5.11 Å². The van der Waals surface area contributed by atoms with E-state index in [2.05, 4.69) is 20.8 Å². The monoisotopic (exact) mass is 323 g/mol. The molecule has 6 nitrogen and oxygen atoms in total. The van der Waals surface area contributed by atoms with Gasteiger partial charge >= 0.3 is 5.97 Å². The summed E-state index contributed by atoms with van der Waals surface area (Å²) >= 11 is 3.24. The second-order valence-electron chi connectivity index (χ2n) is 3.18. The zero-order valence-corrected chi connectivity index (χ0v) is 11.2. The molecular formula is C9H10BrNO5S. The van der Waals surface area contributed by atoms with E-state index >= 15 is 0 Å². The second kappa shape index (κ2) is 5.58. The van der Waals surface area contributed by atoms with Crippen molar-refractivity contribution in [1.82, 2.24) is 4.89 Å². The number of aryl methyl sites for hydroxylation is 1.